The second-order valence-electron chi connectivity index (χ2n) is 4.19. The van der Waals surface area contributed by atoms with E-state index >= 15 is 0 Å². The summed E-state index contributed by atoms with van der Waals surface area (Å²) in [5.41, 5.74) is -0.483. The molecule has 0 saturated carbocycles. The van der Waals surface area contributed by atoms with Gasteiger partial charge in [-0.05, 0) is 12.5 Å². The van der Waals surface area contributed by atoms with Crippen molar-refractivity contribution >= 4 is 0 Å². The third-order valence-corrected chi connectivity index (χ3v) is 2.94. The van der Waals surface area contributed by atoms with E-state index in [0.29, 0.717) is 5.56 Å². The molecule has 1 rings (SSSR count). The number of hydrogen-bond donors (Lipinski definition) is 1. The first-order valence-electron chi connectivity index (χ1n) is 5.23. The number of alkyl halides is 3. The van der Waals surface area contributed by atoms with Crippen LogP contribution in [0.25, 0.3) is 0 Å². The van der Waals surface area contributed by atoms with Crippen LogP contribution in [0.5, 0.6) is 0 Å². The third-order valence-electron chi connectivity index (χ3n) is 2.94. The lowest BCUT2D eigenvalue weighted by Crippen LogP contribution is -2.38. The minimum Gasteiger partial charge on any atom is -0.392 e. The molecular weight excluding hydrogens is 229 g/mol. The van der Waals surface area contributed by atoms with Gasteiger partial charge in [0.1, 0.15) is 0 Å². The Morgan fingerprint density at radius 3 is 2.24 bits per heavy atom. The van der Waals surface area contributed by atoms with Gasteiger partial charge in [-0.3, -0.25) is 0 Å². The van der Waals surface area contributed by atoms with Crippen molar-refractivity contribution in [2.45, 2.75) is 31.0 Å². The van der Waals surface area contributed by atoms with E-state index in [1.807, 2.05) is 0 Å². The summed E-state index contributed by atoms with van der Waals surface area (Å²) in [6, 6.07) is 8.57. The lowest BCUT2D eigenvalue weighted by atomic mass is 9.76. The van der Waals surface area contributed by atoms with Crippen molar-refractivity contribution in [3.63, 3.8) is 0 Å². The van der Waals surface area contributed by atoms with Crippen LogP contribution in [0.15, 0.2) is 43.0 Å². The summed E-state index contributed by atoms with van der Waals surface area (Å²) in [5, 5.41) is 9.77. The van der Waals surface area contributed by atoms with Crippen molar-refractivity contribution in [3.8, 4) is 0 Å². The van der Waals surface area contributed by atoms with Gasteiger partial charge < -0.3 is 5.11 Å². The molecule has 0 fully saturated rings. The first-order valence-corrected chi connectivity index (χ1v) is 5.23. The highest BCUT2D eigenvalue weighted by atomic mass is 19.4. The lowest BCUT2D eigenvalue weighted by molar-refractivity contribution is -0.158. The largest absolute Gasteiger partial charge is 0.392 e. The molecular formula is C13H15F3O. The fourth-order valence-corrected chi connectivity index (χ4v) is 1.67. The summed E-state index contributed by atoms with van der Waals surface area (Å²) in [4.78, 5) is 0. The van der Waals surface area contributed by atoms with Gasteiger partial charge in [0.15, 0.2) is 0 Å². The smallest absolute Gasteiger partial charge is 0.391 e. The zero-order valence-electron chi connectivity index (χ0n) is 9.54. The van der Waals surface area contributed by atoms with E-state index in [2.05, 4.69) is 6.58 Å². The van der Waals surface area contributed by atoms with Crippen LogP contribution in [0.1, 0.15) is 18.9 Å². The Kier molecular flexibility index (Phi) is 3.98. The molecule has 0 aromatic heterocycles. The summed E-state index contributed by atoms with van der Waals surface area (Å²) in [5.74, 6) is 0. The summed E-state index contributed by atoms with van der Waals surface area (Å²) in [7, 11) is 0. The molecule has 1 aromatic carbocycles. The Hall–Kier alpha value is -1.29. The summed E-state index contributed by atoms with van der Waals surface area (Å²) in [6.07, 6.45) is -5.82. The normalized spacial score (nSPS) is 17.2. The number of halogens is 3. The van der Waals surface area contributed by atoms with Crippen LogP contribution in [-0.2, 0) is 5.41 Å². The number of aliphatic hydroxyl groups is 1. The molecule has 0 spiro atoms. The number of hydrogen-bond acceptors (Lipinski definition) is 1. The minimum atomic E-state index is -4.39. The van der Waals surface area contributed by atoms with Crippen molar-refractivity contribution in [3.05, 3.63) is 48.6 Å². The van der Waals surface area contributed by atoms with Crippen LogP contribution in [0.4, 0.5) is 13.2 Å². The van der Waals surface area contributed by atoms with Crippen LogP contribution in [-0.4, -0.2) is 17.4 Å². The highest BCUT2D eigenvalue weighted by Crippen LogP contribution is 2.35. The Bertz CT molecular complexity index is 372. The molecule has 0 bridgehead atoms. The molecule has 2 atom stereocenters. The van der Waals surface area contributed by atoms with Gasteiger partial charge in [-0.25, -0.2) is 0 Å². The molecule has 0 aliphatic rings. The first-order chi connectivity index (χ1) is 7.79. The maximum atomic E-state index is 12.3. The van der Waals surface area contributed by atoms with Gasteiger partial charge in [0, 0.05) is 5.41 Å². The SMILES string of the molecule is C=C[C@](C)(c1ccccc1)[C@H](O)CC(F)(F)F. The van der Waals surface area contributed by atoms with Crippen molar-refractivity contribution in [1.82, 2.24) is 0 Å². The van der Waals surface area contributed by atoms with Crippen LogP contribution in [0.2, 0.25) is 0 Å². The molecule has 4 heteroatoms. The van der Waals surface area contributed by atoms with Crippen molar-refractivity contribution in [2.24, 2.45) is 0 Å². The quantitative estimate of drug-likeness (QED) is 0.804. The monoisotopic (exact) mass is 244 g/mol. The Morgan fingerprint density at radius 1 is 1.29 bits per heavy atom. The predicted molar refractivity (Wildman–Crippen MR) is 60.7 cm³/mol. The van der Waals surface area contributed by atoms with Crippen LogP contribution < -0.4 is 0 Å². The van der Waals surface area contributed by atoms with E-state index in [9.17, 15) is 18.3 Å². The fourth-order valence-electron chi connectivity index (χ4n) is 1.67. The van der Waals surface area contributed by atoms with E-state index in [-0.39, 0.29) is 0 Å². The van der Waals surface area contributed by atoms with E-state index < -0.39 is 24.1 Å². The zero-order valence-corrected chi connectivity index (χ0v) is 9.54. The second kappa shape index (κ2) is 4.92. The van der Waals surface area contributed by atoms with Crippen molar-refractivity contribution in [2.75, 3.05) is 0 Å². The molecule has 94 valence electrons. The molecule has 1 N–H and O–H groups in total. The molecule has 1 nitrogen and oxygen atoms in total. The predicted octanol–water partition coefficient (Wildman–Crippen LogP) is 3.44. The highest BCUT2D eigenvalue weighted by molar-refractivity contribution is 5.31. The van der Waals surface area contributed by atoms with Gasteiger partial charge in [-0.1, -0.05) is 36.4 Å². The molecule has 0 saturated heterocycles. The van der Waals surface area contributed by atoms with Crippen LogP contribution in [0, 0.1) is 0 Å². The summed E-state index contributed by atoms with van der Waals surface area (Å²) >= 11 is 0. The van der Waals surface area contributed by atoms with E-state index in [1.165, 1.54) is 6.08 Å². The molecule has 0 aliphatic carbocycles. The average molecular weight is 244 g/mol. The van der Waals surface area contributed by atoms with Gasteiger partial charge in [-0.15, -0.1) is 6.58 Å². The minimum absolute atomic E-state index is 0.617. The van der Waals surface area contributed by atoms with Crippen molar-refractivity contribution in [1.29, 1.82) is 0 Å². The average Bonchev–Trinajstić information content (AvgIpc) is 2.27. The Balaban J connectivity index is 3.00. The molecule has 0 aliphatic heterocycles. The van der Waals surface area contributed by atoms with Crippen LogP contribution in [0.3, 0.4) is 0 Å². The second-order valence-corrected chi connectivity index (χ2v) is 4.19. The maximum absolute atomic E-state index is 12.3. The maximum Gasteiger partial charge on any atom is 0.391 e. The zero-order chi connectivity index (χ0) is 13.1. The topological polar surface area (TPSA) is 20.2 Å². The molecule has 1 aromatic rings. The molecule has 0 amide bonds. The molecule has 17 heavy (non-hydrogen) atoms. The van der Waals surface area contributed by atoms with Gasteiger partial charge in [0.2, 0.25) is 0 Å². The van der Waals surface area contributed by atoms with Gasteiger partial charge in [-0.2, -0.15) is 13.2 Å². The van der Waals surface area contributed by atoms with Crippen LogP contribution >= 0.6 is 0 Å². The highest BCUT2D eigenvalue weighted by Gasteiger charge is 2.40. The lowest BCUT2D eigenvalue weighted by Gasteiger charge is -2.32. The molecule has 0 radical (unpaired) electrons. The van der Waals surface area contributed by atoms with E-state index in [1.54, 1.807) is 37.3 Å². The number of aliphatic hydroxyl groups excluding tert-OH is 1. The van der Waals surface area contributed by atoms with Gasteiger partial charge in [0.05, 0.1) is 12.5 Å². The number of rotatable bonds is 4. The standard InChI is InChI=1S/C13H15F3O/c1-3-12(2,10-7-5-4-6-8-10)11(17)9-13(14,15)16/h3-8,11,17H,1,9H2,2H3/t11-,12-/m1/s1. The van der Waals surface area contributed by atoms with Gasteiger partial charge in [0.25, 0.3) is 0 Å². The Morgan fingerprint density at radius 2 is 1.82 bits per heavy atom. The number of benzene rings is 1. The van der Waals surface area contributed by atoms with E-state index in [4.69, 9.17) is 0 Å². The summed E-state index contributed by atoms with van der Waals surface area (Å²) in [6.45, 7) is 5.08. The fraction of sp³-hybridized carbons (Fsp3) is 0.385. The van der Waals surface area contributed by atoms with Crippen molar-refractivity contribution < 1.29 is 18.3 Å². The summed E-state index contributed by atoms with van der Waals surface area (Å²) < 4.78 is 36.9. The third kappa shape index (κ3) is 3.33. The molecule has 0 unspecified atom stereocenters. The van der Waals surface area contributed by atoms with E-state index in [0.717, 1.165) is 0 Å². The van der Waals surface area contributed by atoms with Gasteiger partial charge >= 0.3 is 6.18 Å². The first kappa shape index (κ1) is 13.8. The molecule has 0 heterocycles. The Labute approximate surface area is 98.6 Å².